The van der Waals surface area contributed by atoms with Crippen LogP contribution >= 0.6 is 0 Å². The first-order valence-electron chi connectivity index (χ1n) is 9.25. The van der Waals surface area contributed by atoms with E-state index in [0.29, 0.717) is 12.8 Å². The van der Waals surface area contributed by atoms with Crippen LogP contribution in [-0.4, -0.2) is 28.8 Å². The Balaban J connectivity index is 2.92. The first kappa shape index (κ1) is 21.9. The fraction of sp³-hybridized carbons (Fsp3) is 0.571. The van der Waals surface area contributed by atoms with Crippen LogP contribution in [0.2, 0.25) is 0 Å². The van der Waals surface area contributed by atoms with Gasteiger partial charge >= 0.3 is 5.97 Å². The number of benzene rings is 1. The van der Waals surface area contributed by atoms with Crippen LogP contribution in [0.25, 0.3) is 0 Å². The van der Waals surface area contributed by atoms with Gasteiger partial charge in [-0.2, -0.15) is 0 Å². The molecule has 0 aliphatic rings. The summed E-state index contributed by atoms with van der Waals surface area (Å²) in [6.07, 6.45) is 2.49. The summed E-state index contributed by atoms with van der Waals surface area (Å²) >= 11 is 0. The summed E-state index contributed by atoms with van der Waals surface area (Å²) < 4.78 is 0. The number of Topliss-reactive ketones (excluding diaryl/α,β-unsaturated/α-hetero) is 1. The lowest BCUT2D eigenvalue weighted by molar-refractivity contribution is -0.143. The fourth-order valence-electron chi connectivity index (χ4n) is 2.64. The van der Waals surface area contributed by atoms with E-state index < -0.39 is 23.3 Å². The number of aliphatic carboxylic acids is 1. The Morgan fingerprint density at radius 1 is 1.12 bits per heavy atom. The van der Waals surface area contributed by atoms with E-state index in [2.05, 4.69) is 5.32 Å². The molecule has 0 bridgehead atoms. The average molecular weight is 361 g/mol. The predicted octanol–water partition coefficient (Wildman–Crippen LogP) is 3.61. The van der Waals surface area contributed by atoms with Crippen LogP contribution in [0, 0.1) is 11.3 Å². The van der Waals surface area contributed by atoms with Crippen molar-refractivity contribution in [2.75, 3.05) is 0 Å². The SMILES string of the molecule is CCCC[C@H](NC(=O)[C@@H](CC(=O)C(C)(C)C)Cc1ccccc1)C(=O)O. The van der Waals surface area contributed by atoms with E-state index in [1.807, 2.05) is 58.0 Å². The molecular formula is C21H31NO4. The highest BCUT2D eigenvalue weighted by atomic mass is 16.4. The van der Waals surface area contributed by atoms with Gasteiger partial charge in [-0.3, -0.25) is 9.59 Å². The van der Waals surface area contributed by atoms with Gasteiger partial charge in [-0.25, -0.2) is 4.79 Å². The van der Waals surface area contributed by atoms with E-state index in [1.165, 1.54) is 0 Å². The minimum atomic E-state index is -1.03. The van der Waals surface area contributed by atoms with E-state index in [4.69, 9.17) is 0 Å². The lowest BCUT2D eigenvalue weighted by Gasteiger charge is -2.23. The van der Waals surface area contributed by atoms with E-state index in [1.54, 1.807) is 0 Å². The number of nitrogens with one attached hydrogen (secondary N) is 1. The molecule has 0 spiro atoms. The van der Waals surface area contributed by atoms with Gasteiger partial charge in [0.1, 0.15) is 11.8 Å². The van der Waals surface area contributed by atoms with Crippen molar-refractivity contribution in [2.24, 2.45) is 11.3 Å². The largest absolute Gasteiger partial charge is 0.480 e. The zero-order chi connectivity index (χ0) is 19.7. The summed E-state index contributed by atoms with van der Waals surface area (Å²) in [5.41, 5.74) is 0.415. The van der Waals surface area contributed by atoms with Crippen LogP contribution in [-0.2, 0) is 20.8 Å². The maximum atomic E-state index is 12.8. The maximum absolute atomic E-state index is 12.8. The molecule has 0 aliphatic carbocycles. The van der Waals surface area contributed by atoms with Crippen molar-refractivity contribution >= 4 is 17.7 Å². The maximum Gasteiger partial charge on any atom is 0.326 e. The van der Waals surface area contributed by atoms with Crippen LogP contribution in [0.15, 0.2) is 30.3 Å². The summed E-state index contributed by atoms with van der Waals surface area (Å²) in [7, 11) is 0. The third-order valence-electron chi connectivity index (χ3n) is 4.42. The van der Waals surface area contributed by atoms with Crippen molar-refractivity contribution in [1.82, 2.24) is 5.32 Å². The standard InChI is InChI=1S/C21H31NO4/c1-5-6-12-17(20(25)26)22-19(24)16(14-18(23)21(2,3)4)13-15-10-8-7-9-11-15/h7-11,16-17H,5-6,12-14H2,1-4H3,(H,22,24)(H,25,26)/t16-,17+/m1/s1. The Morgan fingerprint density at radius 2 is 1.73 bits per heavy atom. The average Bonchev–Trinajstić information content (AvgIpc) is 2.57. The quantitative estimate of drug-likeness (QED) is 0.667. The Labute approximate surface area is 156 Å². The minimum absolute atomic E-state index is 0.00554. The molecule has 0 unspecified atom stereocenters. The highest BCUT2D eigenvalue weighted by Crippen LogP contribution is 2.22. The topological polar surface area (TPSA) is 83.5 Å². The van der Waals surface area contributed by atoms with Crippen molar-refractivity contribution in [3.63, 3.8) is 0 Å². The number of carboxylic acids is 1. The van der Waals surface area contributed by atoms with Crippen molar-refractivity contribution in [1.29, 1.82) is 0 Å². The van der Waals surface area contributed by atoms with Crippen LogP contribution in [0.4, 0.5) is 0 Å². The van der Waals surface area contributed by atoms with Crippen molar-refractivity contribution in [2.45, 2.75) is 65.8 Å². The van der Waals surface area contributed by atoms with Gasteiger partial charge in [-0.1, -0.05) is 70.9 Å². The molecule has 0 aliphatic heterocycles. The molecule has 144 valence electrons. The van der Waals surface area contributed by atoms with Gasteiger partial charge in [0.15, 0.2) is 0 Å². The van der Waals surface area contributed by atoms with E-state index in [0.717, 1.165) is 18.4 Å². The number of unbranched alkanes of at least 4 members (excludes halogenated alkanes) is 1. The van der Waals surface area contributed by atoms with E-state index >= 15 is 0 Å². The van der Waals surface area contributed by atoms with Crippen molar-refractivity contribution in [3.05, 3.63) is 35.9 Å². The molecular weight excluding hydrogens is 330 g/mol. The number of hydrogen-bond acceptors (Lipinski definition) is 3. The first-order chi connectivity index (χ1) is 12.1. The van der Waals surface area contributed by atoms with Crippen LogP contribution in [0.3, 0.4) is 0 Å². The van der Waals surface area contributed by atoms with Crippen LogP contribution < -0.4 is 5.32 Å². The molecule has 1 rings (SSSR count). The molecule has 0 radical (unpaired) electrons. The molecule has 0 fully saturated rings. The molecule has 1 aromatic rings. The summed E-state index contributed by atoms with van der Waals surface area (Å²) in [4.78, 5) is 36.6. The smallest absolute Gasteiger partial charge is 0.326 e. The summed E-state index contributed by atoms with van der Waals surface area (Å²) in [5.74, 6) is -1.98. The lowest BCUT2D eigenvalue weighted by atomic mass is 9.83. The third kappa shape index (κ3) is 7.38. The monoisotopic (exact) mass is 361 g/mol. The Morgan fingerprint density at radius 3 is 2.23 bits per heavy atom. The Bertz CT molecular complexity index is 604. The van der Waals surface area contributed by atoms with Gasteiger partial charge in [0.2, 0.25) is 5.91 Å². The molecule has 5 nitrogen and oxygen atoms in total. The number of carbonyl (C=O) groups is 3. The first-order valence-corrected chi connectivity index (χ1v) is 9.25. The Kier molecular flexibility index (Phi) is 8.49. The summed E-state index contributed by atoms with van der Waals surface area (Å²) in [5, 5.41) is 12.0. The summed E-state index contributed by atoms with van der Waals surface area (Å²) in [6, 6.07) is 8.57. The second kappa shape index (κ2) is 10.1. The second-order valence-corrected chi connectivity index (χ2v) is 7.81. The zero-order valence-corrected chi connectivity index (χ0v) is 16.2. The minimum Gasteiger partial charge on any atom is -0.480 e. The van der Waals surface area contributed by atoms with Crippen LogP contribution in [0.5, 0.6) is 0 Å². The molecule has 26 heavy (non-hydrogen) atoms. The number of ketones is 1. The molecule has 5 heteroatoms. The number of amides is 1. The van der Waals surface area contributed by atoms with E-state index in [9.17, 15) is 19.5 Å². The molecule has 1 amide bonds. The molecule has 1 aromatic carbocycles. The van der Waals surface area contributed by atoms with Gasteiger partial charge in [0.05, 0.1) is 0 Å². The lowest BCUT2D eigenvalue weighted by Crippen LogP contribution is -2.45. The van der Waals surface area contributed by atoms with Gasteiger partial charge in [-0.15, -0.1) is 0 Å². The van der Waals surface area contributed by atoms with E-state index in [-0.39, 0.29) is 18.1 Å². The van der Waals surface area contributed by atoms with Gasteiger partial charge < -0.3 is 10.4 Å². The molecule has 2 N–H and O–H groups in total. The van der Waals surface area contributed by atoms with Gasteiger partial charge in [-0.05, 0) is 18.4 Å². The number of carbonyl (C=O) groups excluding carboxylic acids is 2. The fourth-order valence-corrected chi connectivity index (χ4v) is 2.64. The zero-order valence-electron chi connectivity index (χ0n) is 16.2. The summed E-state index contributed by atoms with van der Waals surface area (Å²) in [6.45, 7) is 7.46. The Hall–Kier alpha value is -2.17. The molecule has 2 atom stereocenters. The second-order valence-electron chi connectivity index (χ2n) is 7.81. The normalized spacial score (nSPS) is 13.7. The van der Waals surface area contributed by atoms with Crippen molar-refractivity contribution < 1.29 is 19.5 Å². The molecule has 0 aromatic heterocycles. The van der Waals surface area contributed by atoms with Crippen molar-refractivity contribution in [3.8, 4) is 0 Å². The van der Waals surface area contributed by atoms with Gasteiger partial charge in [0.25, 0.3) is 0 Å². The third-order valence-corrected chi connectivity index (χ3v) is 4.42. The highest BCUT2D eigenvalue weighted by Gasteiger charge is 2.30. The van der Waals surface area contributed by atoms with Crippen LogP contribution in [0.1, 0.15) is 58.9 Å². The number of hydrogen-bond donors (Lipinski definition) is 2. The predicted molar refractivity (Wildman–Crippen MR) is 102 cm³/mol. The number of carboxylic acid groups (broad SMARTS) is 1. The van der Waals surface area contributed by atoms with Gasteiger partial charge in [0, 0.05) is 17.8 Å². The molecule has 0 heterocycles. The highest BCUT2D eigenvalue weighted by molar-refractivity contribution is 5.91. The number of rotatable bonds is 10. The molecule has 0 saturated heterocycles. The molecule has 0 saturated carbocycles.